The predicted molar refractivity (Wildman–Crippen MR) is 112 cm³/mol. The fourth-order valence-corrected chi connectivity index (χ4v) is 3.91. The Hall–Kier alpha value is -3.73. The van der Waals surface area contributed by atoms with Crippen LogP contribution < -0.4 is 0 Å². The Balaban J connectivity index is 2.04. The first-order valence-electron chi connectivity index (χ1n) is 9.43. The van der Waals surface area contributed by atoms with E-state index in [0.29, 0.717) is 16.8 Å². The van der Waals surface area contributed by atoms with E-state index >= 15 is 0 Å². The number of hydrogen-bond donors (Lipinski definition) is 0. The lowest BCUT2D eigenvalue weighted by molar-refractivity contribution is 0.0531. The van der Waals surface area contributed by atoms with E-state index in [9.17, 15) is 9.18 Å². The molecule has 0 aliphatic heterocycles. The number of nitrogens with zero attached hydrogens (tertiary/aromatic N) is 2. The van der Waals surface area contributed by atoms with Gasteiger partial charge >= 0.3 is 5.97 Å². The molecule has 5 heteroatoms. The van der Waals surface area contributed by atoms with Crippen molar-refractivity contribution < 1.29 is 13.9 Å². The molecule has 3 heterocycles. The van der Waals surface area contributed by atoms with Crippen molar-refractivity contribution in [3.63, 3.8) is 0 Å². The van der Waals surface area contributed by atoms with E-state index in [2.05, 4.69) is 0 Å². The first kappa shape index (κ1) is 17.4. The number of aromatic nitrogens is 2. The summed E-state index contributed by atoms with van der Waals surface area (Å²) >= 11 is 0. The molecule has 3 aromatic heterocycles. The first-order valence-corrected chi connectivity index (χ1v) is 9.43. The smallest absolute Gasteiger partial charge is 0.340 e. The predicted octanol–water partition coefficient (Wildman–Crippen LogP) is 5.62. The van der Waals surface area contributed by atoms with Gasteiger partial charge in [-0.15, -0.1) is 0 Å². The normalized spacial score (nSPS) is 11.4. The van der Waals surface area contributed by atoms with Crippen molar-refractivity contribution in [1.29, 1.82) is 0 Å². The average Bonchev–Trinajstić information content (AvgIpc) is 3.09. The molecule has 142 valence electrons. The van der Waals surface area contributed by atoms with Gasteiger partial charge in [-0.25, -0.2) is 14.2 Å². The lowest BCUT2D eigenvalue weighted by Crippen LogP contribution is -2.04. The summed E-state index contributed by atoms with van der Waals surface area (Å²) in [5.41, 5.74) is 4.00. The minimum absolute atomic E-state index is 0.282. The molecule has 0 aliphatic carbocycles. The van der Waals surface area contributed by atoms with Crippen LogP contribution in [0.2, 0.25) is 0 Å². The average molecular weight is 384 g/mol. The van der Waals surface area contributed by atoms with Crippen molar-refractivity contribution in [2.45, 2.75) is 6.92 Å². The van der Waals surface area contributed by atoms with Gasteiger partial charge in [0.2, 0.25) is 0 Å². The number of carbonyl (C=O) groups is 1. The Morgan fingerprint density at radius 2 is 1.90 bits per heavy atom. The van der Waals surface area contributed by atoms with Gasteiger partial charge in [-0.1, -0.05) is 36.4 Å². The minimum Gasteiger partial charge on any atom is -0.462 e. The van der Waals surface area contributed by atoms with Crippen LogP contribution >= 0.6 is 0 Å². The number of pyridine rings is 2. The summed E-state index contributed by atoms with van der Waals surface area (Å²) < 4.78 is 21.3. The molecule has 0 radical (unpaired) electrons. The number of rotatable bonds is 3. The van der Waals surface area contributed by atoms with Crippen molar-refractivity contribution >= 4 is 33.3 Å². The van der Waals surface area contributed by atoms with E-state index in [1.807, 2.05) is 59.1 Å². The maximum absolute atomic E-state index is 14.0. The van der Waals surface area contributed by atoms with Gasteiger partial charge in [0.25, 0.3) is 0 Å². The number of esters is 1. The molecule has 4 nitrogen and oxygen atoms in total. The maximum Gasteiger partial charge on any atom is 0.340 e. The van der Waals surface area contributed by atoms with Gasteiger partial charge in [0, 0.05) is 22.5 Å². The van der Waals surface area contributed by atoms with Crippen LogP contribution in [0.3, 0.4) is 0 Å². The Labute approximate surface area is 166 Å². The van der Waals surface area contributed by atoms with E-state index in [-0.39, 0.29) is 18.4 Å². The highest BCUT2D eigenvalue weighted by Gasteiger charge is 2.24. The number of fused-ring (bicyclic) bond motifs is 5. The molecule has 0 aliphatic rings. The summed E-state index contributed by atoms with van der Waals surface area (Å²) in [6.45, 7) is 2.07. The number of ether oxygens (including phenoxy) is 1. The number of carbonyl (C=O) groups excluding carboxylic acids is 1. The molecule has 2 aromatic carbocycles. The molecule has 5 rings (SSSR count). The zero-order valence-corrected chi connectivity index (χ0v) is 15.7. The molecular formula is C24H17FN2O2. The third-order valence-electron chi connectivity index (χ3n) is 5.05. The van der Waals surface area contributed by atoms with Crippen LogP contribution in [0.5, 0.6) is 0 Å². The van der Waals surface area contributed by atoms with E-state index in [1.54, 1.807) is 13.0 Å². The molecule has 0 amide bonds. The molecule has 0 saturated carbocycles. The molecule has 0 fully saturated rings. The molecule has 29 heavy (non-hydrogen) atoms. The number of para-hydroxylation sites is 1. The maximum atomic E-state index is 14.0. The van der Waals surface area contributed by atoms with Gasteiger partial charge in [-0.3, -0.25) is 0 Å². The highest BCUT2D eigenvalue weighted by molar-refractivity contribution is 6.22. The summed E-state index contributed by atoms with van der Waals surface area (Å²) in [5, 5.41) is 1.62. The molecule has 0 N–H and O–H groups in total. The molecule has 0 atom stereocenters. The molecule has 0 bridgehead atoms. The molecule has 0 saturated heterocycles. The second-order valence-electron chi connectivity index (χ2n) is 6.76. The highest BCUT2D eigenvalue weighted by Crippen LogP contribution is 2.38. The SMILES string of the molecule is CCOC(=O)c1c2c3ccccc3nc(-c3cccc(F)c3)c2n2ccccc12. The van der Waals surface area contributed by atoms with Crippen LogP contribution in [0.4, 0.5) is 4.39 Å². The standard InChI is InChI=1S/C24H17FN2O2/c1-2-29-24(28)21-19-12-5-6-13-27(19)23-20(21)17-10-3-4-11-18(17)26-22(23)15-8-7-9-16(25)14-15/h3-14H,2H2,1H3. The Kier molecular flexibility index (Phi) is 4.02. The van der Waals surface area contributed by atoms with E-state index < -0.39 is 0 Å². The Bertz CT molecular complexity index is 1400. The number of halogens is 1. The molecule has 0 unspecified atom stereocenters. The largest absolute Gasteiger partial charge is 0.462 e. The third kappa shape index (κ3) is 2.66. The van der Waals surface area contributed by atoms with Crippen LogP contribution in [0.25, 0.3) is 38.6 Å². The Morgan fingerprint density at radius 1 is 1.07 bits per heavy atom. The number of benzene rings is 2. The van der Waals surface area contributed by atoms with Crippen LogP contribution in [0, 0.1) is 5.82 Å². The zero-order chi connectivity index (χ0) is 20.0. The van der Waals surface area contributed by atoms with Gasteiger partial charge < -0.3 is 9.14 Å². The lowest BCUT2D eigenvalue weighted by atomic mass is 10.0. The van der Waals surface area contributed by atoms with Crippen LogP contribution in [0.15, 0.2) is 72.9 Å². The third-order valence-corrected chi connectivity index (χ3v) is 5.05. The quantitative estimate of drug-likeness (QED) is 0.379. The van der Waals surface area contributed by atoms with Gasteiger partial charge in [-0.05, 0) is 37.3 Å². The van der Waals surface area contributed by atoms with Crippen molar-refractivity contribution in [2.75, 3.05) is 6.61 Å². The van der Waals surface area contributed by atoms with Crippen LogP contribution in [0.1, 0.15) is 17.3 Å². The Morgan fingerprint density at radius 3 is 2.72 bits per heavy atom. The van der Waals surface area contributed by atoms with Crippen LogP contribution in [-0.2, 0) is 4.74 Å². The van der Waals surface area contributed by atoms with Gasteiger partial charge in [-0.2, -0.15) is 0 Å². The fraction of sp³-hybridized carbons (Fsp3) is 0.0833. The van der Waals surface area contributed by atoms with E-state index in [0.717, 1.165) is 27.3 Å². The molecule has 0 spiro atoms. The van der Waals surface area contributed by atoms with Gasteiger partial charge in [0.15, 0.2) is 0 Å². The highest BCUT2D eigenvalue weighted by atomic mass is 19.1. The van der Waals surface area contributed by atoms with Crippen molar-refractivity contribution in [3.8, 4) is 11.3 Å². The summed E-state index contributed by atoms with van der Waals surface area (Å²) in [5.74, 6) is -0.718. The second-order valence-corrected chi connectivity index (χ2v) is 6.76. The number of hydrogen-bond acceptors (Lipinski definition) is 3. The topological polar surface area (TPSA) is 43.6 Å². The minimum atomic E-state index is -0.382. The lowest BCUT2D eigenvalue weighted by Gasteiger charge is -2.09. The first-order chi connectivity index (χ1) is 14.2. The van der Waals surface area contributed by atoms with Gasteiger partial charge in [0.1, 0.15) is 5.82 Å². The van der Waals surface area contributed by atoms with E-state index in [4.69, 9.17) is 9.72 Å². The summed E-state index contributed by atoms with van der Waals surface area (Å²) in [7, 11) is 0. The summed E-state index contributed by atoms with van der Waals surface area (Å²) in [6.07, 6.45) is 1.89. The van der Waals surface area contributed by atoms with Gasteiger partial charge in [0.05, 0.1) is 34.4 Å². The fourth-order valence-electron chi connectivity index (χ4n) is 3.91. The summed E-state index contributed by atoms with van der Waals surface area (Å²) in [4.78, 5) is 17.8. The zero-order valence-electron chi connectivity index (χ0n) is 15.7. The van der Waals surface area contributed by atoms with Crippen LogP contribution in [-0.4, -0.2) is 22.0 Å². The summed E-state index contributed by atoms with van der Waals surface area (Å²) in [6, 6.07) is 19.7. The molecule has 5 aromatic rings. The molecular weight excluding hydrogens is 367 g/mol. The van der Waals surface area contributed by atoms with E-state index in [1.165, 1.54) is 12.1 Å². The second kappa shape index (κ2) is 6.71. The van der Waals surface area contributed by atoms with Crippen molar-refractivity contribution in [1.82, 2.24) is 9.38 Å². The van der Waals surface area contributed by atoms with Crippen molar-refractivity contribution in [2.24, 2.45) is 0 Å². The monoisotopic (exact) mass is 384 g/mol. The van der Waals surface area contributed by atoms with Crippen molar-refractivity contribution in [3.05, 3.63) is 84.3 Å².